The Morgan fingerprint density at radius 2 is 2.45 bits per heavy atom. The molecule has 0 aromatic carbocycles. The van der Waals surface area contributed by atoms with Crippen molar-refractivity contribution in [1.82, 2.24) is 5.32 Å². The van der Waals surface area contributed by atoms with Gasteiger partial charge in [0.15, 0.2) is 6.19 Å². The normalized spacial score (nSPS) is 10.1. The maximum Gasteiger partial charge on any atom is 0.260 e. The second kappa shape index (κ2) is 5.30. The van der Waals surface area contributed by atoms with Crippen molar-refractivity contribution >= 4 is 5.91 Å². The summed E-state index contributed by atoms with van der Waals surface area (Å²) in [5.41, 5.74) is 0. The van der Waals surface area contributed by atoms with E-state index in [9.17, 15) is 4.79 Å². The van der Waals surface area contributed by atoms with Gasteiger partial charge in [-0.25, -0.2) is 0 Å². The molecule has 1 N–H and O–H groups in total. The first-order valence-corrected chi connectivity index (χ1v) is 3.20. The van der Waals surface area contributed by atoms with Gasteiger partial charge in [0, 0.05) is 6.08 Å². The molecule has 4 heteroatoms. The molecule has 0 bridgehead atoms. The van der Waals surface area contributed by atoms with Crippen LogP contribution in [0.3, 0.4) is 0 Å². The van der Waals surface area contributed by atoms with Crippen LogP contribution in [-0.4, -0.2) is 12.5 Å². The van der Waals surface area contributed by atoms with Crippen LogP contribution in [0.15, 0.2) is 11.8 Å². The van der Waals surface area contributed by atoms with Crippen LogP contribution in [-0.2, 0) is 9.53 Å². The molecule has 0 spiro atoms. The highest BCUT2D eigenvalue weighted by atomic mass is 16.5. The van der Waals surface area contributed by atoms with Gasteiger partial charge in [-0.2, -0.15) is 5.26 Å². The number of nitrogens with one attached hydrogen (secondary N) is 1. The molecule has 0 saturated carbocycles. The number of allylic oxidation sites excluding steroid dienone is 1. The number of amides is 1. The standard InChI is InChI=1S/C7H10N2O2/c1-3-11-6(2)4-7(10)9-5-8/h4H,3H2,1-2H3,(H,9,10). The lowest BCUT2D eigenvalue weighted by Gasteiger charge is -1.99. The second-order valence-corrected chi connectivity index (χ2v) is 1.79. The van der Waals surface area contributed by atoms with E-state index in [-0.39, 0.29) is 0 Å². The number of nitriles is 1. The highest BCUT2D eigenvalue weighted by Gasteiger charge is 1.95. The summed E-state index contributed by atoms with van der Waals surface area (Å²) in [6.07, 6.45) is 2.74. The van der Waals surface area contributed by atoms with Crippen LogP contribution in [0.25, 0.3) is 0 Å². The average Bonchev–Trinajstić information content (AvgIpc) is 1.87. The molecule has 0 aromatic heterocycles. The third-order valence-corrected chi connectivity index (χ3v) is 0.885. The van der Waals surface area contributed by atoms with Gasteiger partial charge in [0.1, 0.15) is 0 Å². The number of carbonyl (C=O) groups is 1. The van der Waals surface area contributed by atoms with Crippen molar-refractivity contribution in [2.75, 3.05) is 6.61 Å². The summed E-state index contributed by atoms with van der Waals surface area (Å²) in [7, 11) is 0. The van der Waals surface area contributed by atoms with Crippen molar-refractivity contribution < 1.29 is 9.53 Å². The van der Waals surface area contributed by atoms with E-state index in [1.807, 2.05) is 12.2 Å². The Kier molecular flexibility index (Phi) is 4.58. The van der Waals surface area contributed by atoms with Gasteiger partial charge >= 0.3 is 0 Å². The van der Waals surface area contributed by atoms with E-state index >= 15 is 0 Å². The fourth-order valence-electron chi connectivity index (χ4n) is 0.545. The van der Waals surface area contributed by atoms with Crippen LogP contribution >= 0.6 is 0 Å². The quantitative estimate of drug-likeness (QED) is 0.279. The van der Waals surface area contributed by atoms with E-state index in [1.54, 1.807) is 6.92 Å². The van der Waals surface area contributed by atoms with Crippen molar-refractivity contribution in [3.63, 3.8) is 0 Å². The van der Waals surface area contributed by atoms with Crippen LogP contribution in [0.2, 0.25) is 0 Å². The zero-order valence-electron chi connectivity index (χ0n) is 6.55. The summed E-state index contributed by atoms with van der Waals surface area (Å²) in [4.78, 5) is 10.6. The van der Waals surface area contributed by atoms with Gasteiger partial charge in [0.25, 0.3) is 5.91 Å². The highest BCUT2D eigenvalue weighted by Crippen LogP contribution is 1.92. The van der Waals surface area contributed by atoms with Crippen LogP contribution in [0.5, 0.6) is 0 Å². The molecule has 0 aromatic rings. The number of ether oxygens (including phenoxy) is 1. The zero-order chi connectivity index (χ0) is 8.69. The van der Waals surface area contributed by atoms with Crippen LogP contribution < -0.4 is 5.32 Å². The number of nitrogens with zero attached hydrogens (tertiary/aromatic N) is 1. The Balaban J connectivity index is 3.88. The van der Waals surface area contributed by atoms with Crippen LogP contribution in [0.1, 0.15) is 13.8 Å². The fourth-order valence-corrected chi connectivity index (χ4v) is 0.545. The van der Waals surface area contributed by atoms with E-state index in [1.165, 1.54) is 12.3 Å². The molecule has 0 saturated heterocycles. The van der Waals surface area contributed by atoms with Gasteiger partial charge in [0.05, 0.1) is 12.4 Å². The van der Waals surface area contributed by atoms with E-state index in [0.717, 1.165) is 0 Å². The summed E-state index contributed by atoms with van der Waals surface area (Å²) in [5.74, 6) is 0.0405. The largest absolute Gasteiger partial charge is 0.498 e. The molecule has 11 heavy (non-hydrogen) atoms. The topological polar surface area (TPSA) is 62.1 Å². The first kappa shape index (κ1) is 9.50. The zero-order valence-corrected chi connectivity index (χ0v) is 6.55. The summed E-state index contributed by atoms with van der Waals surface area (Å²) < 4.78 is 4.95. The van der Waals surface area contributed by atoms with E-state index in [2.05, 4.69) is 0 Å². The van der Waals surface area contributed by atoms with Gasteiger partial charge in [-0.05, 0) is 13.8 Å². The first-order chi connectivity index (χ1) is 5.20. The van der Waals surface area contributed by atoms with Gasteiger partial charge in [-0.3, -0.25) is 10.1 Å². The lowest BCUT2D eigenvalue weighted by Crippen LogP contribution is -2.14. The highest BCUT2D eigenvalue weighted by molar-refractivity contribution is 5.88. The van der Waals surface area contributed by atoms with E-state index < -0.39 is 5.91 Å². The third-order valence-electron chi connectivity index (χ3n) is 0.885. The maximum absolute atomic E-state index is 10.6. The van der Waals surface area contributed by atoms with E-state index in [4.69, 9.17) is 10.00 Å². The molecule has 4 nitrogen and oxygen atoms in total. The second-order valence-electron chi connectivity index (χ2n) is 1.79. The van der Waals surface area contributed by atoms with E-state index in [0.29, 0.717) is 12.4 Å². The Morgan fingerprint density at radius 1 is 1.82 bits per heavy atom. The third kappa shape index (κ3) is 4.97. The number of hydrogen-bond donors (Lipinski definition) is 1. The Morgan fingerprint density at radius 3 is 2.91 bits per heavy atom. The predicted octanol–water partition coefficient (Wildman–Crippen LogP) is 0.524. The Hall–Kier alpha value is -1.50. The number of carbonyl (C=O) groups excluding carboxylic acids is 1. The van der Waals surface area contributed by atoms with Crippen molar-refractivity contribution in [2.24, 2.45) is 0 Å². The monoisotopic (exact) mass is 154 g/mol. The van der Waals surface area contributed by atoms with Crippen molar-refractivity contribution in [1.29, 1.82) is 5.26 Å². The average molecular weight is 154 g/mol. The summed E-state index contributed by atoms with van der Waals surface area (Å²) in [6, 6.07) is 0. The molecular formula is C7H10N2O2. The van der Waals surface area contributed by atoms with Gasteiger partial charge < -0.3 is 4.74 Å². The molecule has 0 aliphatic heterocycles. The lowest BCUT2D eigenvalue weighted by atomic mass is 10.4. The first-order valence-electron chi connectivity index (χ1n) is 3.20. The molecule has 0 radical (unpaired) electrons. The van der Waals surface area contributed by atoms with Crippen molar-refractivity contribution in [3.8, 4) is 6.19 Å². The molecular weight excluding hydrogens is 144 g/mol. The molecule has 0 aliphatic carbocycles. The van der Waals surface area contributed by atoms with Crippen LogP contribution in [0, 0.1) is 11.5 Å². The number of hydrogen-bond acceptors (Lipinski definition) is 3. The predicted molar refractivity (Wildman–Crippen MR) is 39.1 cm³/mol. The minimum absolute atomic E-state index is 0.460. The Labute approximate surface area is 65.5 Å². The van der Waals surface area contributed by atoms with Crippen LogP contribution in [0.4, 0.5) is 0 Å². The molecule has 0 aliphatic rings. The fraction of sp³-hybridized carbons (Fsp3) is 0.429. The molecule has 0 atom stereocenters. The van der Waals surface area contributed by atoms with Gasteiger partial charge in [-0.15, -0.1) is 0 Å². The smallest absolute Gasteiger partial charge is 0.260 e. The molecule has 0 unspecified atom stereocenters. The maximum atomic E-state index is 10.6. The molecule has 0 fully saturated rings. The lowest BCUT2D eigenvalue weighted by molar-refractivity contribution is -0.115. The number of rotatable bonds is 3. The molecule has 1 amide bonds. The summed E-state index contributed by atoms with van der Waals surface area (Å²) in [6.45, 7) is 3.99. The van der Waals surface area contributed by atoms with Gasteiger partial charge in [-0.1, -0.05) is 0 Å². The van der Waals surface area contributed by atoms with Gasteiger partial charge in [0.2, 0.25) is 0 Å². The molecule has 0 rings (SSSR count). The minimum atomic E-state index is -0.460. The summed E-state index contributed by atoms with van der Waals surface area (Å²) >= 11 is 0. The Bertz CT molecular complexity index is 203. The van der Waals surface area contributed by atoms with Crippen molar-refractivity contribution in [2.45, 2.75) is 13.8 Å². The van der Waals surface area contributed by atoms with Crippen molar-refractivity contribution in [3.05, 3.63) is 11.8 Å². The molecule has 0 heterocycles. The molecule has 60 valence electrons. The summed E-state index contributed by atoms with van der Waals surface area (Å²) in [5, 5.41) is 9.97. The minimum Gasteiger partial charge on any atom is -0.498 e. The SMILES string of the molecule is CCOC(C)=CC(=O)NC#N.